The monoisotopic (exact) mass is 339 g/mol. The van der Waals surface area contributed by atoms with Gasteiger partial charge in [-0.3, -0.25) is 10.1 Å². The zero-order valence-corrected chi connectivity index (χ0v) is 13.4. The van der Waals surface area contributed by atoms with Gasteiger partial charge in [0.2, 0.25) is 0 Å². The van der Waals surface area contributed by atoms with Crippen LogP contribution in [0.5, 0.6) is 5.75 Å². The summed E-state index contributed by atoms with van der Waals surface area (Å²) in [5.41, 5.74) is 2.33. The van der Waals surface area contributed by atoms with Gasteiger partial charge in [-0.05, 0) is 35.4 Å². The molecule has 3 rings (SSSR count). The number of ether oxygens (including phenoxy) is 1. The van der Waals surface area contributed by atoms with Gasteiger partial charge in [0.25, 0.3) is 5.69 Å². The molecule has 4 nitrogen and oxygen atoms in total. The zero-order chi connectivity index (χ0) is 16.9. The van der Waals surface area contributed by atoms with Crippen molar-refractivity contribution in [3.8, 4) is 16.9 Å². The van der Waals surface area contributed by atoms with Gasteiger partial charge in [0.1, 0.15) is 12.4 Å². The molecule has 0 atom stereocenters. The maximum absolute atomic E-state index is 11.2. The Hall–Kier alpha value is -2.85. The average molecular weight is 340 g/mol. The first-order chi connectivity index (χ1) is 11.6. The second-order valence-electron chi connectivity index (χ2n) is 5.22. The molecule has 3 aromatic carbocycles. The van der Waals surface area contributed by atoms with Crippen LogP contribution in [-0.4, -0.2) is 4.92 Å². The van der Waals surface area contributed by atoms with E-state index in [-0.39, 0.29) is 5.69 Å². The molecule has 0 bridgehead atoms. The van der Waals surface area contributed by atoms with Crippen molar-refractivity contribution >= 4 is 17.3 Å². The number of nitro benzene ring substituents is 1. The van der Waals surface area contributed by atoms with Crippen LogP contribution in [-0.2, 0) is 6.61 Å². The summed E-state index contributed by atoms with van der Waals surface area (Å²) in [4.78, 5) is 10.8. The summed E-state index contributed by atoms with van der Waals surface area (Å²) in [6, 6.07) is 21.7. The van der Waals surface area contributed by atoms with Crippen LogP contribution < -0.4 is 4.74 Å². The van der Waals surface area contributed by atoms with Crippen molar-refractivity contribution in [3.63, 3.8) is 0 Å². The summed E-state index contributed by atoms with van der Waals surface area (Å²) < 4.78 is 5.72. The van der Waals surface area contributed by atoms with E-state index in [0.29, 0.717) is 22.9 Å². The third-order valence-electron chi connectivity index (χ3n) is 3.57. The van der Waals surface area contributed by atoms with E-state index in [1.807, 2.05) is 30.3 Å². The van der Waals surface area contributed by atoms with E-state index in [2.05, 4.69) is 0 Å². The number of hydrogen-bond donors (Lipinski definition) is 0. The van der Waals surface area contributed by atoms with Crippen molar-refractivity contribution in [2.24, 2.45) is 0 Å². The molecule has 0 fully saturated rings. The van der Waals surface area contributed by atoms with Gasteiger partial charge in [-0.1, -0.05) is 54.1 Å². The van der Waals surface area contributed by atoms with E-state index in [1.165, 1.54) is 6.07 Å². The number of halogens is 1. The Morgan fingerprint density at radius 2 is 1.67 bits per heavy atom. The highest BCUT2D eigenvalue weighted by atomic mass is 35.5. The molecule has 0 saturated heterocycles. The van der Waals surface area contributed by atoms with Crippen molar-refractivity contribution in [3.05, 3.63) is 93.5 Å². The van der Waals surface area contributed by atoms with Gasteiger partial charge in [-0.15, -0.1) is 0 Å². The van der Waals surface area contributed by atoms with Crippen LogP contribution in [0.15, 0.2) is 72.8 Å². The lowest BCUT2D eigenvalue weighted by molar-refractivity contribution is -0.384. The Kier molecular flexibility index (Phi) is 4.77. The summed E-state index contributed by atoms with van der Waals surface area (Å²) in [6.45, 7) is 0.473. The maximum Gasteiger partial charge on any atom is 0.278 e. The first-order valence-electron chi connectivity index (χ1n) is 7.34. The fraction of sp³-hybridized carbons (Fsp3) is 0.0526. The fourth-order valence-corrected chi connectivity index (χ4v) is 2.54. The van der Waals surface area contributed by atoms with Crippen LogP contribution in [0, 0.1) is 10.1 Å². The summed E-state index contributed by atoms with van der Waals surface area (Å²) in [5, 5.41) is 11.5. The van der Waals surface area contributed by atoms with Gasteiger partial charge in [0.15, 0.2) is 0 Å². The minimum Gasteiger partial charge on any atom is -0.489 e. The molecule has 0 aliphatic rings. The van der Waals surface area contributed by atoms with E-state index in [9.17, 15) is 10.1 Å². The summed E-state index contributed by atoms with van der Waals surface area (Å²) in [6.07, 6.45) is 0. The van der Waals surface area contributed by atoms with Gasteiger partial charge < -0.3 is 4.74 Å². The van der Waals surface area contributed by atoms with Crippen molar-refractivity contribution in [1.82, 2.24) is 0 Å². The molecule has 24 heavy (non-hydrogen) atoms. The molecule has 0 heterocycles. The number of nitrogens with zero attached hydrogens (tertiary/aromatic N) is 1. The standard InChI is InChI=1S/C19H14ClNO3/c20-16-8-11-18(19(12-16)21(22)23)15-6-9-17(10-7-15)24-13-14-4-2-1-3-5-14/h1-12H,13H2. The molecule has 0 unspecified atom stereocenters. The molecule has 5 heteroatoms. The smallest absolute Gasteiger partial charge is 0.278 e. The summed E-state index contributed by atoms with van der Waals surface area (Å²) in [7, 11) is 0. The van der Waals surface area contributed by atoms with E-state index >= 15 is 0 Å². The number of rotatable bonds is 5. The number of nitro groups is 1. The lowest BCUT2D eigenvalue weighted by atomic mass is 10.0. The molecule has 120 valence electrons. The SMILES string of the molecule is O=[N+]([O-])c1cc(Cl)ccc1-c1ccc(OCc2ccccc2)cc1. The van der Waals surface area contributed by atoms with Crippen molar-refractivity contribution in [1.29, 1.82) is 0 Å². The second-order valence-corrected chi connectivity index (χ2v) is 5.65. The predicted molar refractivity (Wildman–Crippen MR) is 94.3 cm³/mol. The topological polar surface area (TPSA) is 52.4 Å². The Morgan fingerprint density at radius 3 is 2.33 bits per heavy atom. The molecule has 0 amide bonds. The highest BCUT2D eigenvalue weighted by molar-refractivity contribution is 6.30. The molecule has 0 saturated carbocycles. The van der Waals surface area contributed by atoms with Gasteiger partial charge in [0.05, 0.1) is 10.5 Å². The van der Waals surface area contributed by atoms with Crippen LogP contribution in [0.2, 0.25) is 5.02 Å². The number of benzene rings is 3. The first kappa shape index (κ1) is 16.0. The van der Waals surface area contributed by atoms with Crippen molar-refractivity contribution in [2.75, 3.05) is 0 Å². The third-order valence-corrected chi connectivity index (χ3v) is 3.81. The number of hydrogen-bond acceptors (Lipinski definition) is 3. The van der Waals surface area contributed by atoms with E-state index in [1.54, 1.807) is 36.4 Å². The van der Waals surface area contributed by atoms with Crippen LogP contribution in [0.3, 0.4) is 0 Å². The molecule has 0 N–H and O–H groups in total. The molecule has 0 aromatic heterocycles. The largest absolute Gasteiger partial charge is 0.489 e. The molecule has 0 radical (unpaired) electrons. The lowest BCUT2D eigenvalue weighted by Gasteiger charge is -2.08. The Balaban J connectivity index is 1.79. The van der Waals surface area contributed by atoms with E-state index < -0.39 is 4.92 Å². The minimum atomic E-state index is -0.430. The maximum atomic E-state index is 11.2. The Labute approximate surface area is 144 Å². The average Bonchev–Trinajstić information content (AvgIpc) is 2.61. The lowest BCUT2D eigenvalue weighted by Crippen LogP contribution is -1.95. The molecular weight excluding hydrogens is 326 g/mol. The second kappa shape index (κ2) is 7.15. The summed E-state index contributed by atoms with van der Waals surface area (Å²) >= 11 is 5.85. The van der Waals surface area contributed by atoms with Gasteiger partial charge in [0, 0.05) is 11.1 Å². The quantitative estimate of drug-likeness (QED) is 0.456. The highest BCUT2D eigenvalue weighted by Gasteiger charge is 2.15. The molecule has 0 aliphatic heterocycles. The minimum absolute atomic E-state index is 0.0135. The predicted octanol–water partition coefficient (Wildman–Crippen LogP) is 5.49. The molecule has 0 spiro atoms. The van der Waals surface area contributed by atoms with Crippen molar-refractivity contribution in [2.45, 2.75) is 6.61 Å². The fourth-order valence-electron chi connectivity index (χ4n) is 2.37. The summed E-state index contributed by atoms with van der Waals surface area (Å²) in [5.74, 6) is 0.708. The van der Waals surface area contributed by atoms with Gasteiger partial charge in [-0.25, -0.2) is 0 Å². The van der Waals surface area contributed by atoms with E-state index in [4.69, 9.17) is 16.3 Å². The normalized spacial score (nSPS) is 10.4. The third kappa shape index (κ3) is 3.73. The van der Waals surface area contributed by atoms with Crippen LogP contribution >= 0.6 is 11.6 Å². The van der Waals surface area contributed by atoms with Gasteiger partial charge in [-0.2, -0.15) is 0 Å². The molecule has 0 aliphatic carbocycles. The Bertz CT molecular complexity index is 848. The van der Waals surface area contributed by atoms with Crippen LogP contribution in [0.25, 0.3) is 11.1 Å². The molecular formula is C19H14ClNO3. The highest BCUT2D eigenvalue weighted by Crippen LogP contribution is 2.33. The van der Waals surface area contributed by atoms with E-state index in [0.717, 1.165) is 11.1 Å². The van der Waals surface area contributed by atoms with Gasteiger partial charge >= 0.3 is 0 Å². The van der Waals surface area contributed by atoms with Crippen molar-refractivity contribution < 1.29 is 9.66 Å². The van der Waals surface area contributed by atoms with Crippen LogP contribution in [0.1, 0.15) is 5.56 Å². The Morgan fingerprint density at radius 1 is 0.958 bits per heavy atom. The molecule has 3 aromatic rings. The first-order valence-corrected chi connectivity index (χ1v) is 7.72. The van der Waals surface area contributed by atoms with Crippen LogP contribution in [0.4, 0.5) is 5.69 Å². The zero-order valence-electron chi connectivity index (χ0n) is 12.7.